The summed E-state index contributed by atoms with van der Waals surface area (Å²) >= 11 is 0. The molecule has 0 radical (unpaired) electrons. The third-order valence-electron chi connectivity index (χ3n) is 3.96. The SMILES string of the molecule is CCC(CP(CC(CC)C(=O)O)CC(CC)C(=O)O)C(=O)O. The summed E-state index contributed by atoms with van der Waals surface area (Å²) in [6, 6.07) is 0. The molecule has 0 aliphatic heterocycles. The van der Waals surface area contributed by atoms with E-state index in [-0.39, 0.29) is 0 Å². The minimum absolute atomic E-state index is 0.398. The molecule has 0 heterocycles. The molecule has 6 nitrogen and oxygen atoms in total. The molecule has 7 heteroatoms. The number of aliphatic carboxylic acids is 3. The van der Waals surface area contributed by atoms with Crippen LogP contribution in [-0.4, -0.2) is 51.7 Å². The molecule has 0 aromatic carbocycles. The molecule has 22 heavy (non-hydrogen) atoms. The minimum atomic E-state index is -0.936. The predicted molar refractivity (Wildman–Crippen MR) is 85.8 cm³/mol. The minimum Gasteiger partial charge on any atom is -0.481 e. The fourth-order valence-electron chi connectivity index (χ4n) is 2.30. The van der Waals surface area contributed by atoms with Gasteiger partial charge in [0, 0.05) is 0 Å². The first-order chi connectivity index (χ1) is 10.3. The fourth-order valence-corrected chi connectivity index (χ4v) is 5.86. The summed E-state index contributed by atoms with van der Waals surface area (Å²) in [5, 5.41) is 27.6. The summed E-state index contributed by atoms with van der Waals surface area (Å²) in [7, 11) is -0.936. The van der Waals surface area contributed by atoms with Crippen molar-refractivity contribution in [3.8, 4) is 0 Å². The van der Waals surface area contributed by atoms with E-state index in [9.17, 15) is 29.7 Å². The van der Waals surface area contributed by atoms with Crippen LogP contribution in [0.2, 0.25) is 0 Å². The average molecular weight is 334 g/mol. The first-order valence-electron chi connectivity index (χ1n) is 7.67. The van der Waals surface area contributed by atoms with Gasteiger partial charge in [0.2, 0.25) is 0 Å². The van der Waals surface area contributed by atoms with Gasteiger partial charge in [-0.2, -0.15) is 0 Å². The first kappa shape index (κ1) is 20.8. The van der Waals surface area contributed by atoms with Crippen molar-refractivity contribution in [2.75, 3.05) is 18.5 Å². The number of rotatable bonds is 12. The number of carbonyl (C=O) groups is 3. The highest BCUT2D eigenvalue weighted by Gasteiger charge is 2.29. The van der Waals surface area contributed by atoms with Crippen LogP contribution in [0.1, 0.15) is 40.0 Å². The van der Waals surface area contributed by atoms with Gasteiger partial charge in [-0.3, -0.25) is 14.4 Å². The average Bonchev–Trinajstić information content (AvgIpc) is 2.45. The molecule has 3 N–H and O–H groups in total. The van der Waals surface area contributed by atoms with Gasteiger partial charge >= 0.3 is 17.9 Å². The smallest absolute Gasteiger partial charge is 0.306 e. The molecule has 0 rings (SSSR count). The second kappa shape index (κ2) is 10.5. The van der Waals surface area contributed by atoms with E-state index in [1.165, 1.54) is 0 Å². The predicted octanol–water partition coefficient (Wildman–Crippen LogP) is 2.80. The van der Waals surface area contributed by atoms with Gasteiger partial charge in [0.1, 0.15) is 0 Å². The van der Waals surface area contributed by atoms with E-state index in [4.69, 9.17) is 0 Å². The maximum atomic E-state index is 11.2. The van der Waals surface area contributed by atoms with Crippen LogP contribution in [-0.2, 0) is 14.4 Å². The van der Waals surface area contributed by atoms with Gasteiger partial charge in [0.15, 0.2) is 0 Å². The van der Waals surface area contributed by atoms with E-state index in [2.05, 4.69) is 0 Å². The number of carboxylic acids is 3. The second-order valence-electron chi connectivity index (χ2n) is 5.55. The van der Waals surface area contributed by atoms with Crippen molar-refractivity contribution in [3.05, 3.63) is 0 Å². The van der Waals surface area contributed by atoms with E-state index in [0.29, 0.717) is 37.7 Å². The topological polar surface area (TPSA) is 112 Å². The highest BCUT2D eigenvalue weighted by atomic mass is 31.1. The molecule has 3 unspecified atom stereocenters. The lowest BCUT2D eigenvalue weighted by molar-refractivity contribution is -0.141. The van der Waals surface area contributed by atoms with E-state index in [1.54, 1.807) is 20.8 Å². The third kappa shape index (κ3) is 7.21. The lowest BCUT2D eigenvalue weighted by Crippen LogP contribution is -2.25. The van der Waals surface area contributed by atoms with Crippen molar-refractivity contribution in [1.82, 2.24) is 0 Å². The zero-order valence-corrected chi connectivity index (χ0v) is 14.4. The Hall–Kier alpha value is -1.16. The Morgan fingerprint density at radius 3 is 1.05 bits per heavy atom. The largest absolute Gasteiger partial charge is 0.481 e. The van der Waals surface area contributed by atoms with Crippen LogP contribution in [0.25, 0.3) is 0 Å². The summed E-state index contributed by atoms with van der Waals surface area (Å²) in [6.07, 6.45) is 2.61. The van der Waals surface area contributed by atoms with Gasteiger partial charge in [0.25, 0.3) is 0 Å². The summed E-state index contributed by atoms with van der Waals surface area (Å²) in [4.78, 5) is 33.7. The van der Waals surface area contributed by atoms with Crippen molar-refractivity contribution in [2.45, 2.75) is 40.0 Å². The molecular weight excluding hydrogens is 307 g/mol. The van der Waals surface area contributed by atoms with Crippen molar-refractivity contribution in [3.63, 3.8) is 0 Å². The Labute approximate surface area is 132 Å². The summed E-state index contributed by atoms with van der Waals surface area (Å²) in [5.74, 6) is -4.23. The Morgan fingerprint density at radius 2 is 0.909 bits per heavy atom. The van der Waals surface area contributed by atoms with E-state index in [1.807, 2.05) is 0 Å². The molecule has 128 valence electrons. The van der Waals surface area contributed by atoms with Crippen LogP contribution in [0.5, 0.6) is 0 Å². The summed E-state index contributed by atoms with van der Waals surface area (Å²) < 4.78 is 0. The number of hydrogen-bond donors (Lipinski definition) is 3. The molecule has 0 aliphatic carbocycles. The quantitative estimate of drug-likeness (QED) is 0.473. The van der Waals surface area contributed by atoms with E-state index >= 15 is 0 Å². The second-order valence-corrected chi connectivity index (χ2v) is 7.99. The monoisotopic (exact) mass is 334 g/mol. The van der Waals surface area contributed by atoms with Gasteiger partial charge in [-0.25, -0.2) is 0 Å². The molecule has 0 saturated heterocycles. The third-order valence-corrected chi connectivity index (χ3v) is 6.83. The summed E-state index contributed by atoms with van der Waals surface area (Å²) in [5.41, 5.74) is 0. The molecule has 0 aromatic heterocycles. The van der Waals surface area contributed by atoms with E-state index in [0.717, 1.165) is 0 Å². The summed E-state index contributed by atoms with van der Waals surface area (Å²) in [6.45, 7) is 5.36. The standard InChI is InChI=1S/C15H27O6P/c1-4-10(13(16)17)7-22(8-11(5-2)14(18)19)9-12(6-3)15(20)21/h10-12H,4-9H2,1-3H3,(H,16,17)(H,18,19)(H,20,21). The van der Waals surface area contributed by atoms with Crippen LogP contribution in [0.4, 0.5) is 0 Å². The Bertz CT molecular complexity index is 327. The zero-order valence-electron chi connectivity index (χ0n) is 13.5. The van der Waals surface area contributed by atoms with Gasteiger partial charge in [-0.1, -0.05) is 20.8 Å². The maximum Gasteiger partial charge on any atom is 0.306 e. The number of carboxylic acid groups (broad SMARTS) is 3. The van der Waals surface area contributed by atoms with Crippen molar-refractivity contribution >= 4 is 25.8 Å². The van der Waals surface area contributed by atoms with Crippen molar-refractivity contribution in [2.24, 2.45) is 17.8 Å². The van der Waals surface area contributed by atoms with Gasteiger partial charge in [-0.15, -0.1) is 7.92 Å². The van der Waals surface area contributed by atoms with Gasteiger partial charge in [0.05, 0.1) is 17.8 Å². The molecule has 0 fully saturated rings. The highest BCUT2D eigenvalue weighted by molar-refractivity contribution is 7.57. The molecule has 3 atom stereocenters. The highest BCUT2D eigenvalue weighted by Crippen LogP contribution is 2.43. The van der Waals surface area contributed by atoms with Crippen LogP contribution < -0.4 is 0 Å². The van der Waals surface area contributed by atoms with Gasteiger partial charge in [-0.05, 0) is 37.7 Å². The maximum absolute atomic E-state index is 11.2. The molecule has 0 bridgehead atoms. The molecule has 0 aliphatic rings. The lowest BCUT2D eigenvalue weighted by Gasteiger charge is -2.26. The Balaban J connectivity index is 5.07. The molecule has 0 spiro atoms. The Kier molecular flexibility index (Phi) is 9.99. The van der Waals surface area contributed by atoms with Crippen molar-refractivity contribution < 1.29 is 29.7 Å². The van der Waals surface area contributed by atoms with Crippen LogP contribution in [0.15, 0.2) is 0 Å². The Morgan fingerprint density at radius 1 is 0.682 bits per heavy atom. The molecular formula is C15H27O6P. The number of hydrogen-bond acceptors (Lipinski definition) is 3. The zero-order chi connectivity index (χ0) is 17.3. The normalized spacial score (nSPS) is 16.5. The first-order valence-corrected chi connectivity index (χ1v) is 9.57. The van der Waals surface area contributed by atoms with Crippen LogP contribution >= 0.6 is 7.92 Å². The van der Waals surface area contributed by atoms with E-state index < -0.39 is 43.6 Å². The lowest BCUT2D eigenvalue weighted by atomic mass is 10.1. The van der Waals surface area contributed by atoms with Crippen molar-refractivity contribution in [1.29, 1.82) is 0 Å². The molecule has 0 saturated carbocycles. The molecule has 0 amide bonds. The fraction of sp³-hybridized carbons (Fsp3) is 0.800. The van der Waals surface area contributed by atoms with Crippen LogP contribution in [0.3, 0.4) is 0 Å². The van der Waals surface area contributed by atoms with Crippen LogP contribution in [0, 0.1) is 17.8 Å². The van der Waals surface area contributed by atoms with Gasteiger partial charge < -0.3 is 15.3 Å². The molecule has 0 aromatic rings.